The summed E-state index contributed by atoms with van der Waals surface area (Å²) < 4.78 is 1.22. The first-order valence-corrected chi connectivity index (χ1v) is 5.20. The molecule has 4 heteroatoms. The highest BCUT2D eigenvalue weighted by Crippen LogP contribution is 2.29. The number of hydrogen-bond acceptors (Lipinski definition) is 3. The number of rotatable bonds is 1. The summed E-state index contributed by atoms with van der Waals surface area (Å²) in [6, 6.07) is 3.96. The average molecular weight is 197 g/mol. The van der Waals surface area contributed by atoms with Crippen molar-refractivity contribution >= 4 is 38.0 Å². The molecule has 0 aromatic carbocycles. The number of amides is 1. The summed E-state index contributed by atoms with van der Waals surface area (Å²) in [6.07, 6.45) is 0. The fraction of sp³-hybridized carbons (Fsp3) is 0.125. The van der Waals surface area contributed by atoms with E-state index in [9.17, 15) is 4.79 Å². The van der Waals surface area contributed by atoms with Crippen molar-refractivity contribution in [3.05, 3.63) is 22.4 Å². The molecule has 0 aliphatic heterocycles. The van der Waals surface area contributed by atoms with Crippen LogP contribution in [0.2, 0.25) is 0 Å². The minimum Gasteiger partial charge on any atom is -0.354 e. The highest BCUT2D eigenvalue weighted by atomic mass is 32.2. The summed E-state index contributed by atoms with van der Waals surface area (Å²) in [7, 11) is 1.65. The third-order valence-electron chi connectivity index (χ3n) is 1.60. The van der Waals surface area contributed by atoms with Gasteiger partial charge in [-0.25, -0.2) is 0 Å². The van der Waals surface area contributed by atoms with Crippen molar-refractivity contribution in [2.45, 2.75) is 0 Å². The van der Waals surface area contributed by atoms with Crippen LogP contribution in [0.4, 0.5) is 0 Å². The van der Waals surface area contributed by atoms with E-state index in [4.69, 9.17) is 0 Å². The lowest BCUT2D eigenvalue weighted by Gasteiger charge is -1.90. The average Bonchev–Trinajstić information content (AvgIpc) is 2.60. The molecular weight excluding hydrogens is 190 g/mol. The van der Waals surface area contributed by atoms with E-state index in [-0.39, 0.29) is 5.91 Å². The van der Waals surface area contributed by atoms with Crippen LogP contribution in [0, 0.1) is 0 Å². The molecule has 0 aliphatic carbocycles. The van der Waals surface area contributed by atoms with Gasteiger partial charge in [-0.05, 0) is 17.5 Å². The maximum absolute atomic E-state index is 11.2. The van der Waals surface area contributed by atoms with Crippen LogP contribution in [0.15, 0.2) is 17.5 Å². The van der Waals surface area contributed by atoms with Crippen molar-refractivity contribution < 1.29 is 4.79 Å². The van der Waals surface area contributed by atoms with Gasteiger partial charge in [-0.1, -0.05) is 0 Å². The van der Waals surface area contributed by atoms with E-state index < -0.39 is 0 Å². The molecular formula is C8H7NOS2. The first kappa shape index (κ1) is 7.76. The molecule has 0 bridgehead atoms. The Labute approximate surface area is 77.8 Å². The summed E-state index contributed by atoms with van der Waals surface area (Å²) in [6.45, 7) is 0. The molecule has 0 saturated carbocycles. The van der Waals surface area contributed by atoms with Crippen LogP contribution < -0.4 is 5.32 Å². The number of carbonyl (C=O) groups excluding carboxylic acids is 1. The fourth-order valence-electron chi connectivity index (χ4n) is 1.00. The van der Waals surface area contributed by atoms with Gasteiger partial charge in [-0.15, -0.1) is 22.7 Å². The monoisotopic (exact) mass is 197 g/mol. The molecule has 2 aromatic heterocycles. The van der Waals surface area contributed by atoms with Crippen molar-refractivity contribution in [3.63, 3.8) is 0 Å². The van der Waals surface area contributed by atoms with Crippen molar-refractivity contribution in [1.82, 2.24) is 5.32 Å². The molecule has 2 rings (SSSR count). The molecule has 2 nitrogen and oxygen atoms in total. The second kappa shape index (κ2) is 2.88. The SMILES string of the molecule is CNC(=O)c1cc2ccsc2s1. The van der Waals surface area contributed by atoms with Gasteiger partial charge >= 0.3 is 0 Å². The lowest BCUT2D eigenvalue weighted by atomic mass is 10.3. The van der Waals surface area contributed by atoms with Crippen LogP contribution >= 0.6 is 22.7 Å². The molecule has 1 N–H and O–H groups in total. The van der Waals surface area contributed by atoms with Crippen LogP contribution in [0.25, 0.3) is 9.40 Å². The van der Waals surface area contributed by atoms with E-state index in [0.717, 1.165) is 4.88 Å². The zero-order valence-corrected chi connectivity index (χ0v) is 8.09. The molecule has 12 heavy (non-hydrogen) atoms. The standard InChI is InChI=1S/C8H7NOS2/c1-9-7(10)6-4-5-2-3-11-8(5)12-6/h2-4H,1H3,(H,9,10). The zero-order valence-electron chi connectivity index (χ0n) is 6.46. The third kappa shape index (κ3) is 1.13. The van der Waals surface area contributed by atoms with Crippen molar-refractivity contribution in [2.75, 3.05) is 7.05 Å². The number of carbonyl (C=O) groups is 1. The Morgan fingerprint density at radius 3 is 3.08 bits per heavy atom. The maximum atomic E-state index is 11.2. The Bertz CT molecular complexity index is 387. The van der Waals surface area contributed by atoms with E-state index in [1.165, 1.54) is 9.40 Å². The minimum atomic E-state index is 0.00315. The van der Waals surface area contributed by atoms with Gasteiger partial charge in [0.2, 0.25) is 0 Å². The third-order valence-corrected chi connectivity index (χ3v) is 3.80. The summed E-state index contributed by atoms with van der Waals surface area (Å²) in [4.78, 5) is 12.0. The first-order valence-electron chi connectivity index (χ1n) is 3.50. The van der Waals surface area contributed by atoms with Crippen LogP contribution in [0.1, 0.15) is 9.67 Å². The van der Waals surface area contributed by atoms with E-state index in [0.29, 0.717) is 0 Å². The normalized spacial score (nSPS) is 10.4. The van der Waals surface area contributed by atoms with Gasteiger partial charge in [0, 0.05) is 12.4 Å². The molecule has 0 radical (unpaired) electrons. The molecule has 1 amide bonds. The van der Waals surface area contributed by atoms with Crippen molar-refractivity contribution in [2.24, 2.45) is 0 Å². The molecule has 2 heterocycles. The Balaban J connectivity index is 2.51. The predicted octanol–water partition coefficient (Wildman–Crippen LogP) is 2.32. The van der Waals surface area contributed by atoms with Gasteiger partial charge < -0.3 is 5.32 Å². The molecule has 0 saturated heterocycles. The summed E-state index contributed by atoms with van der Waals surface area (Å²) >= 11 is 3.22. The first-order chi connectivity index (χ1) is 5.81. The highest BCUT2D eigenvalue weighted by molar-refractivity contribution is 7.38. The van der Waals surface area contributed by atoms with Gasteiger partial charge in [0.1, 0.15) is 0 Å². The molecule has 0 atom stereocenters. The summed E-state index contributed by atoms with van der Waals surface area (Å²) in [5, 5.41) is 5.81. The Hall–Kier alpha value is -0.870. The van der Waals surface area contributed by atoms with E-state index in [1.54, 1.807) is 29.7 Å². The lowest BCUT2D eigenvalue weighted by Crippen LogP contribution is -2.15. The molecule has 62 valence electrons. The van der Waals surface area contributed by atoms with Crippen LogP contribution in [-0.2, 0) is 0 Å². The number of fused-ring (bicyclic) bond motifs is 1. The van der Waals surface area contributed by atoms with E-state index in [2.05, 4.69) is 5.32 Å². The number of hydrogen-bond donors (Lipinski definition) is 1. The summed E-state index contributed by atoms with van der Waals surface area (Å²) in [5.41, 5.74) is 0. The van der Waals surface area contributed by atoms with E-state index >= 15 is 0 Å². The molecule has 0 unspecified atom stereocenters. The van der Waals surface area contributed by atoms with Crippen LogP contribution in [-0.4, -0.2) is 13.0 Å². The zero-order chi connectivity index (χ0) is 8.55. The molecule has 0 fully saturated rings. The van der Waals surface area contributed by atoms with Gasteiger partial charge in [-0.3, -0.25) is 4.79 Å². The fourth-order valence-corrected chi connectivity index (χ4v) is 3.06. The molecule has 2 aromatic rings. The number of thiophene rings is 2. The van der Waals surface area contributed by atoms with Gasteiger partial charge in [0.15, 0.2) is 0 Å². The second-order valence-electron chi connectivity index (χ2n) is 2.35. The Morgan fingerprint density at radius 2 is 2.42 bits per heavy atom. The van der Waals surface area contributed by atoms with Gasteiger partial charge in [0.05, 0.1) is 8.89 Å². The summed E-state index contributed by atoms with van der Waals surface area (Å²) in [5.74, 6) is 0.00315. The number of nitrogens with one attached hydrogen (secondary N) is 1. The second-order valence-corrected chi connectivity index (χ2v) is 4.58. The molecule has 0 spiro atoms. The minimum absolute atomic E-state index is 0.00315. The van der Waals surface area contributed by atoms with Crippen molar-refractivity contribution in [3.8, 4) is 0 Å². The van der Waals surface area contributed by atoms with Gasteiger partial charge in [-0.2, -0.15) is 0 Å². The topological polar surface area (TPSA) is 29.1 Å². The van der Waals surface area contributed by atoms with Crippen LogP contribution in [0.3, 0.4) is 0 Å². The Kier molecular flexibility index (Phi) is 1.86. The van der Waals surface area contributed by atoms with E-state index in [1.807, 2.05) is 17.5 Å². The van der Waals surface area contributed by atoms with Gasteiger partial charge in [0.25, 0.3) is 5.91 Å². The predicted molar refractivity (Wildman–Crippen MR) is 53.1 cm³/mol. The molecule has 0 aliphatic rings. The Morgan fingerprint density at radius 1 is 1.58 bits per heavy atom. The smallest absolute Gasteiger partial charge is 0.261 e. The highest BCUT2D eigenvalue weighted by Gasteiger charge is 2.08. The van der Waals surface area contributed by atoms with Crippen molar-refractivity contribution in [1.29, 1.82) is 0 Å². The quantitative estimate of drug-likeness (QED) is 0.747. The van der Waals surface area contributed by atoms with Crippen LogP contribution in [0.5, 0.6) is 0 Å². The largest absolute Gasteiger partial charge is 0.354 e. The maximum Gasteiger partial charge on any atom is 0.261 e. The lowest BCUT2D eigenvalue weighted by molar-refractivity contribution is 0.0967.